The molecule has 3 aromatic rings. The lowest BCUT2D eigenvalue weighted by Crippen LogP contribution is -2.45. The number of nitrogens with one attached hydrogen (secondary N) is 1. The molecule has 0 radical (unpaired) electrons. The Kier molecular flexibility index (Phi) is 13.3. The van der Waals surface area contributed by atoms with Crippen molar-refractivity contribution in [1.29, 1.82) is 0 Å². The standard InChI is InChI=1S/C32H46N5O10P/c1-4-6-11-17-43-26(38)19-23(31(41)44-18-12-7-5-2)36-48(42,47-22-13-9-8-10-14-22)45-20-32(3)29(40)27(39)28(46-32)24-15-16-25-30(33)34-21-35-37(24)25/h8-10,13-16,21,23,27-29,39-40H,4-7,11-12,17-20H2,1-3H3,(H,36,42)(H2,33,34,35)/t23-,27-,28-,29-,32+,48?/m0/s1. The van der Waals surface area contributed by atoms with E-state index in [-0.39, 0.29) is 24.8 Å². The molecule has 0 bridgehead atoms. The SMILES string of the molecule is CCCCCOC(=O)C[C@H](NP(=O)(OC[C@@]1(C)O[C@@H](c2ccc3c(N)ncnn23)[C@H](O)[C@@H]1O)Oc1ccccc1)C(=O)OCCCCC. The summed E-state index contributed by atoms with van der Waals surface area (Å²) in [5, 5.41) is 29.0. The van der Waals surface area contributed by atoms with Crippen molar-refractivity contribution >= 4 is 31.0 Å². The molecule has 1 fully saturated rings. The van der Waals surface area contributed by atoms with Crippen molar-refractivity contribution in [1.82, 2.24) is 19.7 Å². The zero-order chi connectivity index (χ0) is 34.7. The summed E-state index contributed by atoms with van der Waals surface area (Å²) < 4.78 is 44.4. The van der Waals surface area contributed by atoms with Crippen LogP contribution in [0.1, 0.15) is 77.5 Å². The molecule has 0 saturated carbocycles. The van der Waals surface area contributed by atoms with Gasteiger partial charge in [0.15, 0.2) is 5.82 Å². The van der Waals surface area contributed by atoms with Gasteiger partial charge in [0.25, 0.3) is 0 Å². The number of nitrogens with two attached hydrogens (primary N) is 1. The lowest BCUT2D eigenvalue weighted by molar-refractivity contribution is -0.152. The van der Waals surface area contributed by atoms with E-state index in [2.05, 4.69) is 15.2 Å². The number of anilines is 1. The minimum atomic E-state index is -4.53. The first kappa shape index (κ1) is 37.2. The molecule has 0 spiro atoms. The number of nitrogens with zero attached hydrogens (tertiary/aromatic N) is 3. The Bertz CT molecular complexity index is 1540. The van der Waals surface area contributed by atoms with Gasteiger partial charge in [0.2, 0.25) is 0 Å². The molecule has 1 aliphatic heterocycles. The fourth-order valence-corrected chi connectivity index (χ4v) is 6.77. The summed E-state index contributed by atoms with van der Waals surface area (Å²) >= 11 is 0. The van der Waals surface area contributed by atoms with Crippen LogP contribution in [0.3, 0.4) is 0 Å². The number of carbonyl (C=O) groups is 2. The summed E-state index contributed by atoms with van der Waals surface area (Å²) in [4.78, 5) is 29.9. The van der Waals surface area contributed by atoms with E-state index >= 15 is 0 Å². The summed E-state index contributed by atoms with van der Waals surface area (Å²) in [6.07, 6.45) is 1.51. The maximum Gasteiger partial charge on any atom is 0.459 e. The number of hydrogen-bond acceptors (Lipinski definition) is 13. The molecule has 5 N–H and O–H groups in total. The van der Waals surface area contributed by atoms with Gasteiger partial charge in [0.05, 0.1) is 31.9 Å². The first-order valence-electron chi connectivity index (χ1n) is 16.2. The molecule has 16 heteroatoms. The third kappa shape index (κ3) is 9.52. The Balaban J connectivity index is 1.55. The highest BCUT2D eigenvalue weighted by Crippen LogP contribution is 2.48. The highest BCUT2D eigenvalue weighted by molar-refractivity contribution is 7.52. The second-order valence-electron chi connectivity index (χ2n) is 11.9. The van der Waals surface area contributed by atoms with Crippen LogP contribution < -0.4 is 15.3 Å². The van der Waals surface area contributed by atoms with Gasteiger partial charge in [-0.25, -0.2) is 14.1 Å². The molecular formula is C32H46N5O10P. The van der Waals surface area contributed by atoms with Gasteiger partial charge in [-0.2, -0.15) is 10.2 Å². The summed E-state index contributed by atoms with van der Waals surface area (Å²) in [6, 6.07) is 9.92. The third-order valence-corrected chi connectivity index (χ3v) is 9.47. The summed E-state index contributed by atoms with van der Waals surface area (Å²) in [5.74, 6) is -1.18. The molecule has 48 heavy (non-hydrogen) atoms. The monoisotopic (exact) mass is 691 g/mol. The Labute approximate surface area is 279 Å². The fraction of sp³-hybridized carbons (Fsp3) is 0.562. The molecule has 3 heterocycles. The van der Waals surface area contributed by atoms with E-state index in [1.807, 2.05) is 13.8 Å². The molecule has 4 rings (SSSR count). The number of benzene rings is 1. The van der Waals surface area contributed by atoms with Gasteiger partial charge in [-0.15, -0.1) is 0 Å². The van der Waals surface area contributed by atoms with Crippen LogP contribution in [0.25, 0.3) is 5.52 Å². The normalized spacial score (nSPS) is 22.6. The number of hydrogen-bond donors (Lipinski definition) is 4. The van der Waals surface area contributed by atoms with Gasteiger partial charge < -0.3 is 34.7 Å². The van der Waals surface area contributed by atoms with Crippen LogP contribution in [0.2, 0.25) is 0 Å². The van der Waals surface area contributed by atoms with Gasteiger partial charge >= 0.3 is 19.7 Å². The number of aliphatic hydroxyl groups is 2. The number of aromatic nitrogens is 3. The zero-order valence-corrected chi connectivity index (χ0v) is 28.4. The number of carbonyl (C=O) groups excluding carboxylic acids is 2. The average Bonchev–Trinajstić information content (AvgIpc) is 3.60. The first-order valence-corrected chi connectivity index (χ1v) is 17.8. The van der Waals surface area contributed by atoms with E-state index in [1.165, 1.54) is 29.9 Å². The maximum absolute atomic E-state index is 14.4. The summed E-state index contributed by atoms with van der Waals surface area (Å²) in [5.41, 5.74) is 5.19. The van der Waals surface area contributed by atoms with Gasteiger partial charge in [0.1, 0.15) is 47.5 Å². The zero-order valence-electron chi connectivity index (χ0n) is 27.5. The van der Waals surface area contributed by atoms with E-state index in [1.54, 1.807) is 30.3 Å². The average molecular weight is 692 g/mol. The maximum atomic E-state index is 14.4. The van der Waals surface area contributed by atoms with Crippen LogP contribution in [0.4, 0.5) is 5.82 Å². The predicted octanol–water partition coefficient (Wildman–Crippen LogP) is 3.88. The van der Waals surface area contributed by atoms with E-state index in [0.29, 0.717) is 24.1 Å². The van der Waals surface area contributed by atoms with Crippen molar-refractivity contribution in [3.05, 3.63) is 54.5 Å². The van der Waals surface area contributed by atoms with Gasteiger partial charge in [-0.1, -0.05) is 57.7 Å². The number of esters is 2. The van der Waals surface area contributed by atoms with Crippen LogP contribution in [-0.2, 0) is 32.9 Å². The highest BCUT2D eigenvalue weighted by atomic mass is 31.2. The van der Waals surface area contributed by atoms with Crippen LogP contribution >= 0.6 is 7.75 Å². The van der Waals surface area contributed by atoms with Crippen molar-refractivity contribution in [2.24, 2.45) is 0 Å². The third-order valence-electron chi connectivity index (χ3n) is 7.92. The number of fused-ring (bicyclic) bond motifs is 1. The number of ether oxygens (including phenoxy) is 3. The molecule has 1 aromatic carbocycles. The minimum absolute atomic E-state index is 0.101. The second-order valence-corrected chi connectivity index (χ2v) is 13.5. The van der Waals surface area contributed by atoms with E-state index in [9.17, 15) is 24.4 Å². The largest absolute Gasteiger partial charge is 0.466 e. The molecule has 1 unspecified atom stereocenters. The fourth-order valence-electron chi connectivity index (χ4n) is 5.18. The molecule has 1 saturated heterocycles. The van der Waals surface area contributed by atoms with E-state index in [0.717, 1.165) is 25.7 Å². The van der Waals surface area contributed by atoms with E-state index < -0.39 is 62.7 Å². The Morgan fingerprint density at radius 1 is 1.06 bits per heavy atom. The Hall–Kier alpha value is -3.59. The molecule has 15 nitrogen and oxygen atoms in total. The van der Waals surface area contributed by atoms with Crippen molar-refractivity contribution in [2.45, 2.75) is 95.7 Å². The molecule has 264 valence electrons. The van der Waals surface area contributed by atoms with Crippen molar-refractivity contribution in [2.75, 3.05) is 25.6 Å². The molecule has 0 amide bonds. The van der Waals surface area contributed by atoms with Gasteiger partial charge in [-0.3, -0.25) is 14.1 Å². The predicted molar refractivity (Wildman–Crippen MR) is 175 cm³/mol. The molecular weight excluding hydrogens is 645 g/mol. The van der Waals surface area contributed by atoms with Crippen molar-refractivity contribution < 1.29 is 47.6 Å². The van der Waals surface area contributed by atoms with Gasteiger partial charge in [-0.05, 0) is 44.0 Å². The summed E-state index contributed by atoms with van der Waals surface area (Å²) in [6.45, 7) is 5.20. The minimum Gasteiger partial charge on any atom is -0.466 e. The molecule has 1 aliphatic rings. The summed E-state index contributed by atoms with van der Waals surface area (Å²) in [7, 11) is -4.53. The smallest absolute Gasteiger partial charge is 0.459 e. The second kappa shape index (κ2) is 17.2. The van der Waals surface area contributed by atoms with Crippen LogP contribution in [-0.4, -0.2) is 80.4 Å². The Morgan fingerprint density at radius 3 is 2.44 bits per heavy atom. The lowest BCUT2D eigenvalue weighted by atomic mass is 9.97. The van der Waals surface area contributed by atoms with Gasteiger partial charge in [0, 0.05) is 0 Å². The number of unbranched alkanes of at least 4 members (excludes halogenated alkanes) is 4. The molecule has 2 aromatic heterocycles. The van der Waals surface area contributed by atoms with Crippen LogP contribution in [0.15, 0.2) is 48.8 Å². The van der Waals surface area contributed by atoms with Crippen molar-refractivity contribution in [3.8, 4) is 5.75 Å². The van der Waals surface area contributed by atoms with Crippen molar-refractivity contribution in [3.63, 3.8) is 0 Å². The molecule has 0 aliphatic carbocycles. The number of rotatable bonds is 19. The van der Waals surface area contributed by atoms with Crippen LogP contribution in [0.5, 0.6) is 5.75 Å². The Morgan fingerprint density at radius 2 is 1.75 bits per heavy atom. The quantitative estimate of drug-likeness (QED) is 0.0800. The van der Waals surface area contributed by atoms with E-state index in [4.69, 9.17) is 29.0 Å². The number of nitrogen functional groups attached to an aromatic ring is 1. The lowest BCUT2D eigenvalue weighted by Gasteiger charge is -2.30. The van der Waals surface area contributed by atoms with Crippen LogP contribution in [0, 0.1) is 0 Å². The number of aliphatic hydroxyl groups excluding tert-OH is 2. The first-order chi connectivity index (χ1) is 23.0. The topological polar surface area (TPSA) is 206 Å². The molecule has 6 atom stereocenters. The number of para-hydroxylation sites is 1. The highest BCUT2D eigenvalue weighted by Gasteiger charge is 2.54.